The lowest BCUT2D eigenvalue weighted by Crippen LogP contribution is -2.25. The van der Waals surface area contributed by atoms with Crippen LogP contribution < -0.4 is 4.74 Å². The maximum absolute atomic E-state index is 8.36. The quantitative estimate of drug-likeness (QED) is 0.642. The van der Waals surface area contributed by atoms with Crippen LogP contribution in [-0.2, 0) is 16.2 Å². The van der Waals surface area contributed by atoms with Crippen molar-refractivity contribution in [3.05, 3.63) is 76.9 Å². The molecule has 7 nitrogen and oxygen atoms in total. The number of ether oxygens (including phenoxy) is 2. The molecule has 0 saturated heterocycles. The highest BCUT2D eigenvalue weighted by Gasteiger charge is 2.18. The van der Waals surface area contributed by atoms with E-state index in [2.05, 4.69) is 10.3 Å². The van der Waals surface area contributed by atoms with Crippen molar-refractivity contribution in [3.63, 3.8) is 0 Å². The maximum Gasteiger partial charge on any atom is 0.276 e. The van der Waals surface area contributed by atoms with E-state index in [0.717, 1.165) is 11.3 Å². The van der Waals surface area contributed by atoms with Crippen molar-refractivity contribution >= 4 is 23.2 Å². The first-order valence-electron chi connectivity index (χ1n) is 8.65. The molecule has 0 radical (unpaired) electrons. The Hall–Kier alpha value is -3.32. The molecule has 0 saturated carbocycles. The van der Waals surface area contributed by atoms with Gasteiger partial charge in [-0.05, 0) is 35.0 Å². The molecule has 0 bridgehead atoms. The number of rotatable bonds is 6. The predicted octanol–water partition coefficient (Wildman–Crippen LogP) is 3.83. The van der Waals surface area contributed by atoms with Crippen LogP contribution in [0.2, 0.25) is 5.02 Å². The van der Waals surface area contributed by atoms with Crippen LogP contribution in [0.4, 0.5) is 0 Å². The molecular formula is C20H17ClN4O3. The number of benzene rings is 2. The molecule has 28 heavy (non-hydrogen) atoms. The Labute approximate surface area is 166 Å². The molecule has 0 unspecified atom stereocenters. The van der Waals surface area contributed by atoms with Gasteiger partial charge in [-0.25, -0.2) is 4.68 Å². The Bertz CT molecular complexity index is 1010. The number of nitrogens with one attached hydrogen (secondary N) is 1. The summed E-state index contributed by atoms with van der Waals surface area (Å²) in [7, 11) is 0. The maximum atomic E-state index is 8.36. The predicted molar refractivity (Wildman–Crippen MR) is 106 cm³/mol. The van der Waals surface area contributed by atoms with Crippen LogP contribution in [-0.4, -0.2) is 34.6 Å². The summed E-state index contributed by atoms with van der Waals surface area (Å²) in [5.41, 5.74) is 2.54. The second kappa shape index (κ2) is 8.14. The fourth-order valence-electron chi connectivity index (χ4n) is 2.70. The van der Waals surface area contributed by atoms with Gasteiger partial charge in [-0.2, -0.15) is 0 Å². The molecule has 3 aromatic rings. The first-order valence-corrected chi connectivity index (χ1v) is 9.03. The van der Waals surface area contributed by atoms with E-state index >= 15 is 0 Å². The van der Waals surface area contributed by atoms with Gasteiger partial charge < -0.3 is 14.3 Å². The van der Waals surface area contributed by atoms with Gasteiger partial charge in [-0.1, -0.05) is 35.9 Å². The van der Waals surface area contributed by atoms with Gasteiger partial charge >= 0.3 is 0 Å². The van der Waals surface area contributed by atoms with Crippen molar-refractivity contribution in [2.75, 3.05) is 13.2 Å². The fourth-order valence-corrected chi connectivity index (χ4v) is 2.83. The molecule has 8 heteroatoms. The van der Waals surface area contributed by atoms with Gasteiger partial charge in [0.1, 0.15) is 18.9 Å². The fraction of sp³-hybridized carbons (Fsp3) is 0.150. The first-order chi connectivity index (χ1) is 13.7. The van der Waals surface area contributed by atoms with Gasteiger partial charge in [0.2, 0.25) is 5.88 Å². The van der Waals surface area contributed by atoms with Gasteiger partial charge in [0.15, 0.2) is 6.61 Å². The minimum atomic E-state index is 0.158. The normalized spacial score (nSPS) is 13.2. The average molecular weight is 397 g/mol. The highest BCUT2D eigenvalue weighted by molar-refractivity contribution is 6.44. The number of nitrogens with zero attached hydrogens (tertiary/aromatic N) is 3. The Morgan fingerprint density at radius 2 is 1.93 bits per heavy atom. The zero-order valence-electron chi connectivity index (χ0n) is 14.8. The van der Waals surface area contributed by atoms with Crippen molar-refractivity contribution in [2.24, 2.45) is 5.16 Å². The van der Waals surface area contributed by atoms with E-state index in [-0.39, 0.29) is 18.2 Å². The number of aromatic nitrogens is 2. The molecule has 2 aromatic carbocycles. The molecular weight excluding hydrogens is 380 g/mol. The topological polar surface area (TPSA) is 81.7 Å². The second-order valence-electron chi connectivity index (χ2n) is 5.97. The number of halogens is 1. The Morgan fingerprint density at radius 1 is 1.11 bits per heavy atom. The summed E-state index contributed by atoms with van der Waals surface area (Å²) in [6.07, 6.45) is 1.81. The summed E-state index contributed by atoms with van der Waals surface area (Å²) in [5, 5.41) is 17.3. The summed E-state index contributed by atoms with van der Waals surface area (Å²) in [6, 6.07) is 16.6. The van der Waals surface area contributed by atoms with Crippen LogP contribution in [0.1, 0.15) is 11.1 Å². The van der Waals surface area contributed by atoms with Gasteiger partial charge in [-0.3, -0.25) is 5.41 Å². The lowest BCUT2D eigenvalue weighted by atomic mass is 10.0. The van der Waals surface area contributed by atoms with E-state index in [1.165, 1.54) is 0 Å². The average Bonchev–Trinajstić information content (AvgIpc) is 3.22. The molecule has 1 aliphatic heterocycles. The molecule has 4 rings (SSSR count). The Kier molecular flexibility index (Phi) is 5.25. The molecule has 142 valence electrons. The first kappa shape index (κ1) is 18.1. The van der Waals surface area contributed by atoms with Crippen molar-refractivity contribution in [2.45, 2.75) is 6.61 Å². The summed E-state index contributed by atoms with van der Waals surface area (Å²) < 4.78 is 12.9. The van der Waals surface area contributed by atoms with Gasteiger partial charge in [-0.15, -0.1) is 5.10 Å². The lowest BCUT2D eigenvalue weighted by Gasteiger charge is -2.16. The highest BCUT2D eigenvalue weighted by atomic mass is 35.5. The third-order valence-electron chi connectivity index (χ3n) is 4.09. The minimum absolute atomic E-state index is 0.158. The standard InChI is InChI=1S/C20H17ClN4O3/c21-15-5-7-16(8-6-15)25-10-9-18(23-25)27-13-14-3-1-2-4-17(14)19(22)20-24-28-12-11-26-20/h1-10,22H,11-13H2. The van der Waals surface area contributed by atoms with E-state index < -0.39 is 0 Å². The van der Waals surface area contributed by atoms with E-state index in [1.54, 1.807) is 22.9 Å². The van der Waals surface area contributed by atoms with Crippen LogP contribution in [0.5, 0.6) is 5.88 Å². The molecule has 2 heterocycles. The Balaban J connectivity index is 1.48. The Morgan fingerprint density at radius 3 is 2.71 bits per heavy atom. The molecule has 0 aliphatic carbocycles. The third kappa shape index (κ3) is 3.99. The van der Waals surface area contributed by atoms with Crippen LogP contribution in [0.3, 0.4) is 0 Å². The summed E-state index contributed by atoms with van der Waals surface area (Å²) in [6.45, 7) is 1.02. The van der Waals surface area contributed by atoms with Crippen molar-refractivity contribution in [1.82, 2.24) is 9.78 Å². The molecule has 0 fully saturated rings. The van der Waals surface area contributed by atoms with Gasteiger partial charge in [0.25, 0.3) is 5.90 Å². The van der Waals surface area contributed by atoms with Crippen LogP contribution in [0, 0.1) is 5.41 Å². The number of hydrogen-bond acceptors (Lipinski definition) is 6. The minimum Gasteiger partial charge on any atom is -0.472 e. The van der Waals surface area contributed by atoms with Crippen LogP contribution in [0.15, 0.2) is 65.9 Å². The smallest absolute Gasteiger partial charge is 0.276 e. The lowest BCUT2D eigenvalue weighted by molar-refractivity contribution is 0.0676. The third-order valence-corrected chi connectivity index (χ3v) is 4.34. The molecule has 0 amide bonds. The van der Waals surface area contributed by atoms with E-state index in [1.807, 2.05) is 42.6 Å². The molecule has 1 N–H and O–H groups in total. The zero-order valence-corrected chi connectivity index (χ0v) is 15.6. The molecule has 0 atom stereocenters. The van der Waals surface area contributed by atoms with Gasteiger partial charge in [0.05, 0.1) is 5.69 Å². The highest BCUT2D eigenvalue weighted by Crippen LogP contribution is 2.18. The van der Waals surface area contributed by atoms with E-state index in [0.29, 0.717) is 29.7 Å². The summed E-state index contributed by atoms with van der Waals surface area (Å²) >= 11 is 5.92. The largest absolute Gasteiger partial charge is 0.472 e. The second-order valence-corrected chi connectivity index (χ2v) is 6.41. The van der Waals surface area contributed by atoms with Crippen molar-refractivity contribution in [3.8, 4) is 11.6 Å². The van der Waals surface area contributed by atoms with E-state index in [9.17, 15) is 0 Å². The van der Waals surface area contributed by atoms with Crippen molar-refractivity contribution < 1.29 is 14.3 Å². The number of hydrogen-bond donors (Lipinski definition) is 1. The van der Waals surface area contributed by atoms with Crippen molar-refractivity contribution in [1.29, 1.82) is 5.41 Å². The zero-order chi connectivity index (χ0) is 19.3. The van der Waals surface area contributed by atoms with Crippen LogP contribution >= 0.6 is 11.6 Å². The summed E-state index contributed by atoms with van der Waals surface area (Å²) in [5.74, 6) is 0.650. The molecule has 0 spiro atoms. The molecule has 1 aliphatic rings. The molecule has 1 aromatic heterocycles. The van der Waals surface area contributed by atoms with E-state index in [4.69, 9.17) is 31.3 Å². The number of oxime groups is 1. The van der Waals surface area contributed by atoms with Crippen LogP contribution in [0.25, 0.3) is 5.69 Å². The monoisotopic (exact) mass is 396 g/mol. The summed E-state index contributed by atoms with van der Waals surface area (Å²) in [4.78, 5) is 5.02. The SMILES string of the molecule is N=C(C1=NOCCO1)c1ccccc1COc1ccn(-c2ccc(Cl)cc2)n1. The van der Waals surface area contributed by atoms with Gasteiger partial charge in [0, 0.05) is 22.8 Å².